The maximum Gasteiger partial charge on any atom is 0.277 e. The highest BCUT2D eigenvalue weighted by Crippen LogP contribution is 2.29. The van der Waals surface area contributed by atoms with Crippen LogP contribution in [0.15, 0.2) is 4.79 Å². The molecule has 1 aliphatic rings. The van der Waals surface area contributed by atoms with Crippen molar-refractivity contribution < 1.29 is 4.79 Å². The summed E-state index contributed by atoms with van der Waals surface area (Å²) in [5.41, 5.74) is 2.60. The maximum atomic E-state index is 12.9. The monoisotopic (exact) mass is 433 g/mol. The molecule has 0 spiro atoms. The standard InChI is InChI=1S/C17H23N5O2S.2ClH/c1-9-10(2)20-22(5)16(23)13(9)15-19-11(3)14(25-15)17(24)21(4)12-6-7-18-8-12;;/h12,18H,6-8H2,1-5H3;2*1H. The second-order valence-electron chi connectivity index (χ2n) is 6.51. The number of halogens is 2. The highest BCUT2D eigenvalue weighted by Gasteiger charge is 2.28. The normalized spacial score (nSPS) is 15.8. The maximum absolute atomic E-state index is 12.9. The Bertz CT molecular complexity index is 890. The van der Waals surface area contributed by atoms with Crippen LogP contribution in [0.2, 0.25) is 0 Å². The van der Waals surface area contributed by atoms with E-state index < -0.39 is 0 Å². The quantitative estimate of drug-likeness (QED) is 0.801. The number of rotatable bonds is 3. The van der Waals surface area contributed by atoms with Crippen molar-refractivity contribution in [1.82, 2.24) is 25.0 Å². The third kappa shape index (κ3) is 4.34. The molecule has 0 saturated carbocycles. The predicted molar refractivity (Wildman–Crippen MR) is 113 cm³/mol. The number of thiazole rings is 1. The van der Waals surface area contributed by atoms with Gasteiger partial charge in [0, 0.05) is 26.7 Å². The van der Waals surface area contributed by atoms with Gasteiger partial charge in [-0.2, -0.15) is 5.10 Å². The lowest BCUT2D eigenvalue weighted by Crippen LogP contribution is -2.38. The molecule has 1 atom stereocenters. The molecular formula is C17H25Cl2N5O2S. The molecule has 27 heavy (non-hydrogen) atoms. The number of nitrogens with one attached hydrogen (secondary N) is 1. The first-order valence-corrected chi connectivity index (χ1v) is 9.13. The lowest BCUT2D eigenvalue weighted by molar-refractivity contribution is 0.0747. The molecule has 0 aliphatic carbocycles. The minimum atomic E-state index is -0.191. The molecule has 2 aromatic heterocycles. The third-order valence-corrected chi connectivity index (χ3v) is 6.00. The number of amides is 1. The Hall–Kier alpha value is -1.48. The molecule has 1 unspecified atom stereocenters. The number of carbonyl (C=O) groups excluding carboxylic acids is 1. The Labute approximate surface area is 175 Å². The van der Waals surface area contributed by atoms with Crippen LogP contribution in [0.25, 0.3) is 10.6 Å². The van der Waals surface area contributed by atoms with Crippen LogP contribution in [0.3, 0.4) is 0 Å². The Morgan fingerprint density at radius 1 is 1.26 bits per heavy atom. The summed E-state index contributed by atoms with van der Waals surface area (Å²) in [5.74, 6) is -0.0322. The van der Waals surface area contributed by atoms with Crippen LogP contribution >= 0.6 is 36.2 Å². The zero-order valence-electron chi connectivity index (χ0n) is 16.0. The van der Waals surface area contributed by atoms with E-state index in [2.05, 4.69) is 15.4 Å². The summed E-state index contributed by atoms with van der Waals surface area (Å²) in [6.07, 6.45) is 0.955. The van der Waals surface area contributed by atoms with Gasteiger partial charge in [0.2, 0.25) is 0 Å². The van der Waals surface area contributed by atoms with E-state index in [0.717, 1.165) is 30.8 Å². The number of nitrogens with zero attached hydrogens (tertiary/aromatic N) is 4. The summed E-state index contributed by atoms with van der Waals surface area (Å²) >= 11 is 1.29. The Kier molecular flexibility index (Phi) is 7.98. The van der Waals surface area contributed by atoms with Crippen LogP contribution < -0.4 is 10.9 Å². The van der Waals surface area contributed by atoms with Gasteiger partial charge in [0.05, 0.1) is 17.0 Å². The average Bonchev–Trinajstić information content (AvgIpc) is 3.22. The van der Waals surface area contributed by atoms with Crippen molar-refractivity contribution in [3.05, 3.63) is 32.2 Å². The van der Waals surface area contributed by atoms with E-state index in [-0.39, 0.29) is 42.3 Å². The number of carbonyl (C=O) groups is 1. The SMILES string of the molecule is Cc1nc(-c2c(C)c(C)nn(C)c2=O)sc1C(=O)N(C)C1CCNC1.Cl.Cl. The van der Waals surface area contributed by atoms with Gasteiger partial charge in [-0.1, -0.05) is 0 Å². The molecule has 1 aliphatic heterocycles. The lowest BCUT2D eigenvalue weighted by atomic mass is 10.1. The van der Waals surface area contributed by atoms with Gasteiger partial charge in [0.25, 0.3) is 11.5 Å². The molecule has 1 N–H and O–H groups in total. The molecular weight excluding hydrogens is 409 g/mol. The molecule has 2 aromatic rings. The largest absolute Gasteiger partial charge is 0.337 e. The van der Waals surface area contributed by atoms with Gasteiger partial charge in [-0.05, 0) is 39.3 Å². The average molecular weight is 434 g/mol. The number of likely N-dealkylation sites (N-methyl/N-ethyl adjacent to an activating group) is 1. The van der Waals surface area contributed by atoms with Crippen LogP contribution in [0.4, 0.5) is 0 Å². The molecule has 3 heterocycles. The van der Waals surface area contributed by atoms with Crippen LogP contribution in [0, 0.1) is 20.8 Å². The zero-order chi connectivity index (χ0) is 18.3. The van der Waals surface area contributed by atoms with Crippen molar-refractivity contribution in [2.75, 3.05) is 20.1 Å². The number of aryl methyl sites for hydroxylation is 3. The zero-order valence-corrected chi connectivity index (χ0v) is 18.5. The number of hydrogen-bond donors (Lipinski definition) is 1. The molecule has 7 nitrogen and oxygen atoms in total. The molecule has 1 saturated heterocycles. The van der Waals surface area contributed by atoms with E-state index in [4.69, 9.17) is 0 Å². The first-order chi connectivity index (χ1) is 11.8. The number of hydrogen-bond acceptors (Lipinski definition) is 6. The summed E-state index contributed by atoms with van der Waals surface area (Å²) in [4.78, 5) is 32.3. The second-order valence-corrected chi connectivity index (χ2v) is 7.51. The molecule has 1 fully saturated rings. The summed E-state index contributed by atoms with van der Waals surface area (Å²) in [7, 11) is 3.46. The number of aromatic nitrogens is 3. The summed E-state index contributed by atoms with van der Waals surface area (Å²) in [5, 5.41) is 8.06. The fraction of sp³-hybridized carbons (Fsp3) is 0.529. The lowest BCUT2D eigenvalue weighted by Gasteiger charge is -2.23. The van der Waals surface area contributed by atoms with Gasteiger partial charge in [0.15, 0.2) is 0 Å². The van der Waals surface area contributed by atoms with E-state index in [1.54, 1.807) is 11.9 Å². The minimum Gasteiger partial charge on any atom is -0.337 e. The van der Waals surface area contributed by atoms with Crippen molar-refractivity contribution in [2.24, 2.45) is 7.05 Å². The van der Waals surface area contributed by atoms with Gasteiger partial charge in [0.1, 0.15) is 9.88 Å². The molecule has 0 aromatic carbocycles. The van der Waals surface area contributed by atoms with Gasteiger partial charge in [-0.25, -0.2) is 9.67 Å². The van der Waals surface area contributed by atoms with E-state index >= 15 is 0 Å². The van der Waals surface area contributed by atoms with Crippen LogP contribution in [-0.2, 0) is 7.05 Å². The molecule has 0 bridgehead atoms. The first kappa shape index (κ1) is 23.6. The van der Waals surface area contributed by atoms with Crippen molar-refractivity contribution in [3.63, 3.8) is 0 Å². The van der Waals surface area contributed by atoms with E-state index in [1.165, 1.54) is 16.0 Å². The first-order valence-electron chi connectivity index (χ1n) is 8.31. The Morgan fingerprint density at radius 2 is 1.93 bits per heavy atom. The molecule has 0 radical (unpaired) electrons. The van der Waals surface area contributed by atoms with E-state index in [1.807, 2.05) is 27.8 Å². The summed E-state index contributed by atoms with van der Waals surface area (Å²) in [6.45, 7) is 7.30. The predicted octanol–water partition coefficient (Wildman–Crippen LogP) is 2.11. The molecule has 1 amide bonds. The fourth-order valence-corrected chi connectivity index (χ4v) is 4.24. The molecule has 3 rings (SSSR count). The highest BCUT2D eigenvalue weighted by atomic mass is 35.5. The van der Waals surface area contributed by atoms with Gasteiger partial charge in [-0.15, -0.1) is 36.2 Å². The van der Waals surface area contributed by atoms with Crippen LogP contribution in [0.5, 0.6) is 0 Å². The van der Waals surface area contributed by atoms with Crippen LogP contribution in [0.1, 0.15) is 33.0 Å². The smallest absolute Gasteiger partial charge is 0.277 e. The molecule has 10 heteroatoms. The van der Waals surface area contributed by atoms with Crippen molar-refractivity contribution in [3.8, 4) is 10.6 Å². The topological polar surface area (TPSA) is 80.1 Å². The Balaban J connectivity index is 0.00000182. The minimum absolute atomic E-state index is 0. The summed E-state index contributed by atoms with van der Waals surface area (Å²) in [6, 6.07) is 0.204. The fourth-order valence-electron chi connectivity index (χ4n) is 3.10. The van der Waals surface area contributed by atoms with Gasteiger partial charge < -0.3 is 10.2 Å². The van der Waals surface area contributed by atoms with Crippen molar-refractivity contribution in [1.29, 1.82) is 0 Å². The second kappa shape index (κ2) is 9.14. The van der Waals surface area contributed by atoms with E-state index in [0.29, 0.717) is 21.1 Å². The van der Waals surface area contributed by atoms with Gasteiger partial charge in [-0.3, -0.25) is 9.59 Å². The van der Waals surface area contributed by atoms with E-state index in [9.17, 15) is 9.59 Å². The Morgan fingerprint density at radius 3 is 2.52 bits per heavy atom. The molecule has 150 valence electrons. The van der Waals surface area contributed by atoms with Crippen molar-refractivity contribution >= 4 is 42.1 Å². The van der Waals surface area contributed by atoms with Crippen molar-refractivity contribution in [2.45, 2.75) is 33.2 Å². The van der Waals surface area contributed by atoms with Crippen LogP contribution in [-0.4, -0.2) is 51.8 Å². The summed E-state index contributed by atoms with van der Waals surface area (Å²) < 4.78 is 1.33. The highest BCUT2D eigenvalue weighted by molar-refractivity contribution is 7.17. The third-order valence-electron chi connectivity index (χ3n) is 4.83. The van der Waals surface area contributed by atoms with Gasteiger partial charge >= 0.3 is 0 Å².